The second-order valence-corrected chi connectivity index (χ2v) is 5.18. The third kappa shape index (κ3) is 4.75. The molecule has 0 amide bonds. The Morgan fingerprint density at radius 3 is 2.53 bits per heavy atom. The maximum atomic E-state index is 13.5. The van der Waals surface area contributed by atoms with Crippen LogP contribution in [0.1, 0.15) is 45.2 Å². The van der Waals surface area contributed by atoms with Gasteiger partial charge in [-0.2, -0.15) is 0 Å². The Hall–Kier alpha value is -1.22. The number of benzene rings is 1. The topological polar surface area (TPSA) is 29.1 Å². The highest BCUT2D eigenvalue weighted by Gasteiger charge is 2.18. The molecule has 1 unspecified atom stereocenters. The maximum Gasteiger partial charge on any atom is 0.149 e. The molecule has 0 aliphatic carbocycles. The minimum Gasteiger partial charge on any atom is -0.305 e. The minimum atomic E-state index is -0.180. The summed E-state index contributed by atoms with van der Waals surface area (Å²) in [4.78, 5) is 11.9. The molecular formula is C16H24FNO. The van der Waals surface area contributed by atoms with Crippen LogP contribution in [0, 0.1) is 5.82 Å². The predicted molar refractivity (Wildman–Crippen MR) is 76.8 cm³/mol. The number of ketones is 1. The molecular weight excluding hydrogens is 241 g/mol. The molecule has 0 heterocycles. The van der Waals surface area contributed by atoms with E-state index in [0.717, 1.165) is 5.56 Å². The van der Waals surface area contributed by atoms with Crippen molar-refractivity contribution in [3.8, 4) is 0 Å². The third-order valence-electron chi connectivity index (χ3n) is 3.20. The molecule has 0 spiro atoms. The van der Waals surface area contributed by atoms with Crippen LogP contribution in [0.3, 0.4) is 0 Å². The molecule has 1 aromatic rings. The van der Waals surface area contributed by atoms with Crippen molar-refractivity contribution in [2.75, 3.05) is 0 Å². The zero-order valence-electron chi connectivity index (χ0n) is 12.3. The van der Waals surface area contributed by atoms with Gasteiger partial charge in [0.05, 0.1) is 6.04 Å². The van der Waals surface area contributed by atoms with Gasteiger partial charge >= 0.3 is 0 Å². The maximum absolute atomic E-state index is 13.5. The van der Waals surface area contributed by atoms with Crippen molar-refractivity contribution in [3.05, 3.63) is 35.1 Å². The minimum absolute atomic E-state index is 0.165. The number of hydrogen-bond acceptors (Lipinski definition) is 2. The molecule has 0 saturated heterocycles. The van der Waals surface area contributed by atoms with E-state index in [-0.39, 0.29) is 23.7 Å². The number of rotatable bonds is 7. The van der Waals surface area contributed by atoms with Crippen LogP contribution < -0.4 is 5.32 Å². The van der Waals surface area contributed by atoms with Gasteiger partial charge in [-0.1, -0.05) is 39.8 Å². The van der Waals surface area contributed by atoms with Crippen molar-refractivity contribution in [3.63, 3.8) is 0 Å². The monoisotopic (exact) mass is 265 g/mol. The van der Waals surface area contributed by atoms with Crippen molar-refractivity contribution in [1.82, 2.24) is 5.32 Å². The highest BCUT2D eigenvalue weighted by atomic mass is 19.1. The molecule has 0 radical (unpaired) electrons. The van der Waals surface area contributed by atoms with E-state index >= 15 is 0 Å². The van der Waals surface area contributed by atoms with Crippen molar-refractivity contribution in [2.45, 2.75) is 59.0 Å². The van der Waals surface area contributed by atoms with E-state index in [1.807, 2.05) is 33.8 Å². The molecule has 1 atom stereocenters. The van der Waals surface area contributed by atoms with E-state index in [9.17, 15) is 9.18 Å². The number of carbonyl (C=O) groups is 1. The van der Waals surface area contributed by atoms with Gasteiger partial charge in [0, 0.05) is 12.5 Å². The molecule has 19 heavy (non-hydrogen) atoms. The summed E-state index contributed by atoms with van der Waals surface area (Å²) in [7, 11) is 0. The first kappa shape index (κ1) is 15.8. The number of nitrogens with one attached hydrogen (secondary N) is 1. The molecule has 3 heteroatoms. The molecule has 106 valence electrons. The van der Waals surface area contributed by atoms with Crippen molar-refractivity contribution in [2.24, 2.45) is 0 Å². The first-order chi connectivity index (χ1) is 8.97. The van der Waals surface area contributed by atoms with Gasteiger partial charge in [-0.25, -0.2) is 4.39 Å². The lowest BCUT2D eigenvalue weighted by Gasteiger charge is -2.20. The largest absolute Gasteiger partial charge is 0.305 e. The third-order valence-corrected chi connectivity index (χ3v) is 3.20. The van der Waals surface area contributed by atoms with Crippen LogP contribution in [0.15, 0.2) is 18.2 Å². The van der Waals surface area contributed by atoms with Gasteiger partial charge in [-0.3, -0.25) is 4.79 Å². The summed E-state index contributed by atoms with van der Waals surface area (Å²) in [5, 5.41) is 3.29. The summed E-state index contributed by atoms with van der Waals surface area (Å²) in [6, 6.07) is 5.21. The number of aryl methyl sites for hydroxylation is 1. The van der Waals surface area contributed by atoms with E-state index in [1.165, 1.54) is 6.07 Å². The van der Waals surface area contributed by atoms with Crippen molar-refractivity contribution in [1.29, 1.82) is 0 Å². The zero-order valence-corrected chi connectivity index (χ0v) is 12.3. The first-order valence-corrected chi connectivity index (χ1v) is 7.03. The lowest BCUT2D eigenvalue weighted by Crippen LogP contribution is -2.42. The summed E-state index contributed by atoms with van der Waals surface area (Å²) in [5.41, 5.74) is 1.72. The molecule has 2 nitrogen and oxygen atoms in total. The van der Waals surface area contributed by atoms with Gasteiger partial charge in [0.1, 0.15) is 11.6 Å². The van der Waals surface area contributed by atoms with E-state index in [2.05, 4.69) is 5.32 Å². The number of hydrogen-bond donors (Lipinski definition) is 1. The van der Waals surface area contributed by atoms with Crippen LogP contribution in [0.25, 0.3) is 0 Å². The molecule has 0 aliphatic rings. The van der Waals surface area contributed by atoms with Gasteiger partial charge in [0.15, 0.2) is 0 Å². The van der Waals surface area contributed by atoms with Crippen LogP contribution in [0.5, 0.6) is 0 Å². The summed E-state index contributed by atoms with van der Waals surface area (Å²) in [5.74, 6) is 0.0394. The van der Waals surface area contributed by atoms with Crippen LogP contribution in [-0.4, -0.2) is 17.9 Å². The van der Waals surface area contributed by atoms with Gasteiger partial charge in [0.2, 0.25) is 0 Å². The zero-order chi connectivity index (χ0) is 14.4. The Bertz CT molecular complexity index is 429. The lowest BCUT2D eigenvalue weighted by molar-refractivity contribution is -0.120. The summed E-state index contributed by atoms with van der Waals surface area (Å²) >= 11 is 0. The van der Waals surface area contributed by atoms with Gasteiger partial charge < -0.3 is 5.32 Å². The average molecular weight is 265 g/mol. The fourth-order valence-corrected chi connectivity index (χ4v) is 2.18. The normalized spacial score (nSPS) is 12.7. The molecule has 1 N–H and O–H groups in total. The summed E-state index contributed by atoms with van der Waals surface area (Å²) in [6.45, 7) is 7.86. The van der Waals surface area contributed by atoms with E-state index < -0.39 is 0 Å². The summed E-state index contributed by atoms with van der Waals surface area (Å²) < 4.78 is 13.5. The first-order valence-electron chi connectivity index (χ1n) is 7.03. The van der Waals surface area contributed by atoms with Crippen LogP contribution >= 0.6 is 0 Å². The average Bonchev–Trinajstić information content (AvgIpc) is 2.38. The highest BCUT2D eigenvalue weighted by Crippen LogP contribution is 2.14. The number of Topliss-reactive ketones (excluding diaryl/α,β-unsaturated/α-hetero) is 1. The van der Waals surface area contributed by atoms with Crippen LogP contribution in [0.4, 0.5) is 4.39 Å². The SMILES string of the molecule is CCC(=O)C(Cc1ccc(F)c(CC)c1)NC(C)C. The van der Waals surface area contributed by atoms with Gasteiger partial charge in [0.25, 0.3) is 0 Å². The fraction of sp³-hybridized carbons (Fsp3) is 0.562. The molecule has 0 aliphatic heterocycles. The van der Waals surface area contributed by atoms with Crippen molar-refractivity contribution < 1.29 is 9.18 Å². The second kappa shape index (κ2) is 7.39. The highest BCUT2D eigenvalue weighted by molar-refractivity contribution is 5.84. The molecule has 0 fully saturated rings. The van der Waals surface area contributed by atoms with E-state index in [4.69, 9.17) is 0 Å². The molecule has 1 aromatic carbocycles. The Labute approximate surface area is 115 Å². The Morgan fingerprint density at radius 1 is 1.32 bits per heavy atom. The van der Waals surface area contributed by atoms with Crippen LogP contribution in [-0.2, 0) is 17.6 Å². The van der Waals surface area contributed by atoms with E-state index in [0.29, 0.717) is 24.8 Å². The van der Waals surface area contributed by atoms with E-state index in [1.54, 1.807) is 6.07 Å². The molecule has 0 saturated carbocycles. The Kier molecular flexibility index (Phi) is 6.16. The smallest absolute Gasteiger partial charge is 0.149 e. The van der Waals surface area contributed by atoms with Gasteiger partial charge in [-0.05, 0) is 30.0 Å². The lowest BCUT2D eigenvalue weighted by atomic mass is 9.98. The molecule has 1 rings (SSSR count). The second-order valence-electron chi connectivity index (χ2n) is 5.18. The van der Waals surface area contributed by atoms with Gasteiger partial charge in [-0.15, -0.1) is 0 Å². The Morgan fingerprint density at radius 2 is 2.00 bits per heavy atom. The summed E-state index contributed by atoms with van der Waals surface area (Å²) in [6.07, 6.45) is 1.81. The predicted octanol–water partition coefficient (Wildman–Crippen LogP) is 3.28. The molecule has 0 bridgehead atoms. The van der Waals surface area contributed by atoms with Crippen LogP contribution in [0.2, 0.25) is 0 Å². The quantitative estimate of drug-likeness (QED) is 0.819. The standard InChI is InChI=1S/C16H24FNO/c1-5-13-9-12(7-8-14(13)17)10-15(16(19)6-2)18-11(3)4/h7-9,11,15,18H,5-6,10H2,1-4H3. The molecule has 0 aromatic heterocycles. The number of carbonyl (C=O) groups excluding carboxylic acids is 1. The number of halogens is 1. The fourth-order valence-electron chi connectivity index (χ4n) is 2.18. The van der Waals surface area contributed by atoms with Crippen molar-refractivity contribution >= 4 is 5.78 Å². The Balaban J connectivity index is 2.86.